The molecule has 0 aliphatic carbocycles. The van der Waals surface area contributed by atoms with E-state index < -0.39 is 5.56 Å². The molecule has 82 valence electrons. The maximum absolute atomic E-state index is 11.7. The number of rotatable bonds is 2. The highest BCUT2D eigenvalue weighted by Crippen LogP contribution is 2.01. The Kier molecular flexibility index (Phi) is 2.59. The smallest absolute Gasteiger partial charge is 0.275 e. The molecule has 1 aromatic carbocycles. The van der Waals surface area contributed by atoms with E-state index in [-0.39, 0.29) is 18.1 Å². The van der Waals surface area contributed by atoms with Crippen molar-refractivity contribution in [3.05, 3.63) is 52.3 Å². The van der Waals surface area contributed by atoms with Crippen molar-refractivity contribution in [2.75, 3.05) is 5.73 Å². The van der Waals surface area contributed by atoms with Gasteiger partial charge in [0, 0.05) is 6.07 Å². The Balaban J connectivity index is 2.21. The molecule has 1 heterocycles. The van der Waals surface area contributed by atoms with Crippen LogP contribution in [0.4, 0.5) is 5.82 Å². The Morgan fingerprint density at radius 3 is 2.56 bits per heavy atom. The maximum atomic E-state index is 11.7. The molecule has 2 aromatic rings. The zero-order valence-corrected chi connectivity index (χ0v) is 8.51. The summed E-state index contributed by atoms with van der Waals surface area (Å²) < 4.78 is 0.919. The molecule has 0 aliphatic heterocycles. The molecule has 3 N–H and O–H groups in total. The van der Waals surface area contributed by atoms with E-state index in [4.69, 9.17) is 5.73 Å². The van der Waals surface area contributed by atoms with Crippen LogP contribution in [0.1, 0.15) is 10.4 Å². The van der Waals surface area contributed by atoms with Gasteiger partial charge in [-0.25, -0.2) is 0 Å². The average Bonchev–Trinajstić information content (AvgIpc) is 2.59. The molecule has 0 spiro atoms. The Morgan fingerprint density at radius 1 is 1.31 bits per heavy atom. The molecule has 0 aliphatic rings. The van der Waals surface area contributed by atoms with Crippen LogP contribution >= 0.6 is 0 Å². The topological polar surface area (TPSA) is 80.9 Å². The van der Waals surface area contributed by atoms with E-state index in [0.29, 0.717) is 0 Å². The van der Waals surface area contributed by atoms with Crippen LogP contribution in [0, 0.1) is 0 Å². The first-order chi connectivity index (χ1) is 7.66. The summed E-state index contributed by atoms with van der Waals surface area (Å²) in [4.78, 5) is 23.0. The molecule has 0 atom stereocenters. The molecule has 0 radical (unpaired) electrons. The first kappa shape index (κ1) is 10.2. The number of H-pyrrole nitrogens is 1. The predicted octanol–water partition coefficient (Wildman–Crippen LogP) is 0.641. The van der Waals surface area contributed by atoms with Gasteiger partial charge in [0.1, 0.15) is 5.82 Å². The highest BCUT2D eigenvalue weighted by Gasteiger charge is 2.09. The lowest BCUT2D eigenvalue weighted by Crippen LogP contribution is -2.25. The zero-order valence-electron chi connectivity index (χ0n) is 8.51. The number of carbonyl (C=O) groups excluding carboxylic acids is 1. The number of aromatic amines is 1. The number of hydrogen-bond donors (Lipinski definition) is 2. The van der Waals surface area contributed by atoms with E-state index in [1.165, 1.54) is 6.07 Å². The molecule has 0 bridgehead atoms. The summed E-state index contributed by atoms with van der Waals surface area (Å²) in [5.41, 5.74) is 5.80. The summed E-state index contributed by atoms with van der Waals surface area (Å²) in [7, 11) is 0. The number of anilines is 1. The molecule has 0 unspecified atom stereocenters. The van der Waals surface area contributed by atoms with E-state index in [9.17, 15) is 9.59 Å². The molecule has 5 nitrogen and oxygen atoms in total. The van der Waals surface area contributed by atoms with Crippen molar-refractivity contribution in [3.63, 3.8) is 0 Å². The number of nitrogens with two attached hydrogens (primary N) is 1. The lowest BCUT2D eigenvalue weighted by Gasteiger charge is -2.00. The Labute approximate surface area is 91.5 Å². The molecular formula is C11H11N3O2. The highest BCUT2D eigenvalue weighted by molar-refractivity contribution is 5.80. The second-order valence-electron chi connectivity index (χ2n) is 3.44. The Morgan fingerprint density at radius 2 is 2.00 bits per heavy atom. The van der Waals surface area contributed by atoms with Crippen LogP contribution in [0.15, 0.2) is 41.2 Å². The second kappa shape index (κ2) is 4.06. The van der Waals surface area contributed by atoms with E-state index in [0.717, 1.165) is 10.2 Å². The second-order valence-corrected chi connectivity index (χ2v) is 3.44. The van der Waals surface area contributed by atoms with Crippen LogP contribution in [-0.2, 0) is 6.42 Å². The average molecular weight is 217 g/mol. The number of nitrogen functional groups attached to an aromatic ring is 1. The first-order valence-corrected chi connectivity index (χ1v) is 4.81. The molecule has 16 heavy (non-hydrogen) atoms. The molecule has 2 rings (SSSR count). The molecule has 1 aromatic heterocycles. The highest BCUT2D eigenvalue weighted by atomic mass is 16.2. The van der Waals surface area contributed by atoms with Crippen molar-refractivity contribution < 1.29 is 4.79 Å². The summed E-state index contributed by atoms with van der Waals surface area (Å²) in [5, 5.41) is 2.50. The minimum absolute atomic E-state index is 0.167. The van der Waals surface area contributed by atoms with Gasteiger partial charge in [-0.1, -0.05) is 30.3 Å². The number of carbonyl (C=O) groups is 1. The van der Waals surface area contributed by atoms with Gasteiger partial charge >= 0.3 is 0 Å². The number of aromatic nitrogens is 2. The minimum atomic E-state index is -0.432. The van der Waals surface area contributed by atoms with Crippen LogP contribution in [0.25, 0.3) is 0 Å². The third kappa shape index (κ3) is 2.03. The van der Waals surface area contributed by atoms with Gasteiger partial charge in [-0.2, -0.15) is 4.68 Å². The third-order valence-electron chi connectivity index (χ3n) is 2.19. The van der Waals surface area contributed by atoms with Crippen molar-refractivity contribution >= 4 is 11.7 Å². The van der Waals surface area contributed by atoms with E-state index in [1.807, 2.05) is 30.3 Å². The lowest BCUT2D eigenvalue weighted by atomic mass is 10.1. The van der Waals surface area contributed by atoms with Gasteiger partial charge in [-0.3, -0.25) is 14.7 Å². The van der Waals surface area contributed by atoms with E-state index in [1.54, 1.807) is 0 Å². The van der Waals surface area contributed by atoms with E-state index >= 15 is 0 Å². The van der Waals surface area contributed by atoms with Gasteiger partial charge in [0.25, 0.3) is 11.5 Å². The van der Waals surface area contributed by atoms with Crippen LogP contribution in [0.2, 0.25) is 0 Å². The van der Waals surface area contributed by atoms with Crippen LogP contribution in [-0.4, -0.2) is 15.7 Å². The lowest BCUT2D eigenvalue weighted by molar-refractivity contribution is 0.0895. The molecule has 0 saturated carbocycles. The predicted molar refractivity (Wildman–Crippen MR) is 60.2 cm³/mol. The van der Waals surface area contributed by atoms with Gasteiger partial charge < -0.3 is 5.73 Å². The Hall–Kier alpha value is -2.30. The van der Waals surface area contributed by atoms with E-state index in [2.05, 4.69) is 5.10 Å². The maximum Gasteiger partial charge on any atom is 0.275 e. The van der Waals surface area contributed by atoms with Crippen molar-refractivity contribution in [1.29, 1.82) is 0 Å². The number of nitrogens with one attached hydrogen (secondary N) is 1. The largest absolute Gasteiger partial charge is 0.384 e. The zero-order chi connectivity index (χ0) is 11.5. The third-order valence-corrected chi connectivity index (χ3v) is 2.19. The summed E-state index contributed by atoms with van der Waals surface area (Å²) in [6.07, 6.45) is 0.167. The van der Waals surface area contributed by atoms with Gasteiger partial charge in [0.2, 0.25) is 0 Å². The van der Waals surface area contributed by atoms with Crippen LogP contribution in [0.5, 0.6) is 0 Å². The fraction of sp³-hybridized carbons (Fsp3) is 0.0909. The fourth-order valence-electron chi connectivity index (χ4n) is 1.45. The molecule has 0 amide bonds. The fourth-order valence-corrected chi connectivity index (χ4v) is 1.45. The molecule has 0 fully saturated rings. The quantitative estimate of drug-likeness (QED) is 0.774. The summed E-state index contributed by atoms with van der Waals surface area (Å²) >= 11 is 0. The van der Waals surface area contributed by atoms with Gasteiger partial charge in [-0.15, -0.1) is 0 Å². The number of nitrogens with zero attached hydrogens (tertiary/aromatic N) is 1. The first-order valence-electron chi connectivity index (χ1n) is 4.81. The normalized spacial score (nSPS) is 10.2. The van der Waals surface area contributed by atoms with Crippen molar-refractivity contribution in [2.24, 2.45) is 0 Å². The molecule has 5 heteroatoms. The minimum Gasteiger partial charge on any atom is -0.384 e. The number of benzene rings is 1. The summed E-state index contributed by atoms with van der Waals surface area (Å²) in [6.45, 7) is 0. The van der Waals surface area contributed by atoms with Crippen LogP contribution in [0.3, 0.4) is 0 Å². The summed E-state index contributed by atoms with van der Waals surface area (Å²) in [5.74, 6) is -0.140. The van der Waals surface area contributed by atoms with Crippen molar-refractivity contribution in [3.8, 4) is 0 Å². The molecule has 0 saturated heterocycles. The standard InChI is InChI=1S/C11H11N3O2/c12-9-7-11(16)14(13-9)10(15)6-8-4-2-1-3-5-8/h1-5,7,13H,6,12H2. The SMILES string of the molecule is Nc1cc(=O)n(C(=O)Cc2ccccc2)[nH]1. The van der Waals surface area contributed by atoms with Crippen molar-refractivity contribution in [2.45, 2.75) is 6.42 Å². The van der Waals surface area contributed by atoms with Crippen LogP contribution < -0.4 is 11.3 Å². The monoisotopic (exact) mass is 217 g/mol. The van der Waals surface area contributed by atoms with Gasteiger partial charge in [0.05, 0.1) is 6.42 Å². The van der Waals surface area contributed by atoms with Gasteiger partial charge in [-0.05, 0) is 5.56 Å². The summed E-state index contributed by atoms with van der Waals surface area (Å²) in [6, 6.07) is 10.4. The number of hydrogen-bond acceptors (Lipinski definition) is 3. The van der Waals surface area contributed by atoms with Crippen molar-refractivity contribution in [1.82, 2.24) is 9.78 Å². The Bertz CT molecular complexity index is 554. The van der Waals surface area contributed by atoms with Gasteiger partial charge in [0.15, 0.2) is 0 Å². The molecular weight excluding hydrogens is 206 g/mol.